The largest absolute Gasteiger partial charge is 0.416 e. The van der Waals surface area contributed by atoms with Gasteiger partial charge in [0.2, 0.25) is 0 Å². The molecule has 0 saturated carbocycles. The summed E-state index contributed by atoms with van der Waals surface area (Å²) < 4.78 is 43.1. The van der Waals surface area contributed by atoms with Crippen LogP contribution in [0.1, 0.15) is 18.4 Å². The smallest absolute Gasteiger partial charge is 0.384 e. The second kappa shape index (κ2) is 6.95. The van der Waals surface area contributed by atoms with Gasteiger partial charge in [0.1, 0.15) is 0 Å². The van der Waals surface area contributed by atoms with Crippen LogP contribution in [-0.4, -0.2) is 32.3 Å². The average molecular weight is 288 g/mol. The van der Waals surface area contributed by atoms with E-state index in [1.54, 1.807) is 6.07 Å². The molecule has 3 nitrogen and oxygen atoms in total. The fourth-order valence-electron chi connectivity index (χ4n) is 2.17. The number of hydrogen-bond acceptors (Lipinski definition) is 3. The maximum Gasteiger partial charge on any atom is 0.416 e. The van der Waals surface area contributed by atoms with Gasteiger partial charge in [-0.05, 0) is 31.0 Å². The van der Waals surface area contributed by atoms with Gasteiger partial charge in [-0.2, -0.15) is 13.2 Å². The van der Waals surface area contributed by atoms with Crippen molar-refractivity contribution >= 4 is 5.69 Å². The van der Waals surface area contributed by atoms with Crippen molar-refractivity contribution in [1.29, 1.82) is 0 Å². The van der Waals surface area contributed by atoms with Crippen LogP contribution in [0.5, 0.6) is 0 Å². The summed E-state index contributed by atoms with van der Waals surface area (Å²) in [5, 5.41) is 6.21. The molecule has 1 aliphatic rings. The number of nitrogens with one attached hydrogen (secondary N) is 2. The third-order valence-corrected chi connectivity index (χ3v) is 3.22. The zero-order chi connectivity index (χ0) is 14.4. The first kappa shape index (κ1) is 15.1. The lowest BCUT2D eigenvalue weighted by molar-refractivity contribution is -0.137. The highest BCUT2D eigenvalue weighted by Crippen LogP contribution is 2.30. The zero-order valence-corrected chi connectivity index (χ0v) is 11.2. The minimum absolute atomic E-state index is 0.281. The summed E-state index contributed by atoms with van der Waals surface area (Å²) in [6.07, 6.45) is -1.83. The summed E-state index contributed by atoms with van der Waals surface area (Å²) >= 11 is 0. The van der Waals surface area contributed by atoms with Crippen molar-refractivity contribution in [2.75, 3.05) is 31.6 Å². The van der Waals surface area contributed by atoms with E-state index >= 15 is 0 Å². The molecule has 1 fully saturated rings. The van der Waals surface area contributed by atoms with Crippen molar-refractivity contribution in [3.63, 3.8) is 0 Å². The first-order chi connectivity index (χ1) is 9.55. The van der Waals surface area contributed by atoms with Crippen molar-refractivity contribution in [2.45, 2.75) is 25.1 Å². The minimum atomic E-state index is -4.30. The van der Waals surface area contributed by atoms with E-state index < -0.39 is 11.7 Å². The SMILES string of the molecule is FC(F)(F)c1cccc(NCCNCC2CCCO2)c1. The molecule has 112 valence electrons. The number of hydrogen-bond donors (Lipinski definition) is 2. The number of alkyl halides is 3. The third-order valence-electron chi connectivity index (χ3n) is 3.22. The lowest BCUT2D eigenvalue weighted by Gasteiger charge is -2.12. The van der Waals surface area contributed by atoms with Gasteiger partial charge in [0, 0.05) is 31.9 Å². The van der Waals surface area contributed by atoms with E-state index in [1.165, 1.54) is 6.07 Å². The van der Waals surface area contributed by atoms with Crippen LogP contribution in [0.2, 0.25) is 0 Å². The molecule has 0 radical (unpaired) electrons. The Balaban J connectivity index is 1.68. The van der Waals surface area contributed by atoms with Crippen molar-refractivity contribution in [3.05, 3.63) is 29.8 Å². The second-order valence-corrected chi connectivity index (χ2v) is 4.84. The summed E-state index contributed by atoms with van der Waals surface area (Å²) in [6, 6.07) is 5.24. The summed E-state index contributed by atoms with van der Waals surface area (Å²) in [5.41, 5.74) is -0.145. The van der Waals surface area contributed by atoms with Crippen molar-refractivity contribution in [3.8, 4) is 0 Å². The van der Waals surface area contributed by atoms with Crippen LogP contribution in [0.25, 0.3) is 0 Å². The highest BCUT2D eigenvalue weighted by molar-refractivity contribution is 5.46. The fourth-order valence-corrected chi connectivity index (χ4v) is 2.17. The second-order valence-electron chi connectivity index (χ2n) is 4.84. The molecule has 1 saturated heterocycles. The molecule has 0 spiro atoms. The Morgan fingerprint density at radius 2 is 2.10 bits per heavy atom. The number of anilines is 1. The number of ether oxygens (including phenoxy) is 1. The van der Waals surface area contributed by atoms with Gasteiger partial charge in [-0.15, -0.1) is 0 Å². The molecular formula is C14H19F3N2O. The Labute approximate surface area is 116 Å². The fraction of sp³-hybridized carbons (Fsp3) is 0.571. The van der Waals surface area contributed by atoms with E-state index in [4.69, 9.17) is 4.74 Å². The molecule has 20 heavy (non-hydrogen) atoms. The van der Waals surface area contributed by atoms with E-state index in [0.29, 0.717) is 18.8 Å². The topological polar surface area (TPSA) is 33.3 Å². The quantitative estimate of drug-likeness (QED) is 0.790. The monoisotopic (exact) mass is 288 g/mol. The molecule has 1 aliphatic heterocycles. The van der Waals surface area contributed by atoms with Crippen LogP contribution in [0.4, 0.5) is 18.9 Å². The van der Waals surface area contributed by atoms with E-state index in [0.717, 1.165) is 38.1 Å². The maximum atomic E-state index is 12.5. The van der Waals surface area contributed by atoms with Crippen LogP contribution >= 0.6 is 0 Å². The predicted molar refractivity (Wildman–Crippen MR) is 71.8 cm³/mol. The molecule has 1 heterocycles. The van der Waals surface area contributed by atoms with Crippen molar-refractivity contribution < 1.29 is 17.9 Å². The Hall–Kier alpha value is -1.27. The molecular weight excluding hydrogens is 269 g/mol. The first-order valence-electron chi connectivity index (χ1n) is 6.79. The van der Waals surface area contributed by atoms with Crippen LogP contribution in [-0.2, 0) is 10.9 Å². The highest BCUT2D eigenvalue weighted by atomic mass is 19.4. The van der Waals surface area contributed by atoms with Gasteiger partial charge in [0.15, 0.2) is 0 Å². The number of rotatable bonds is 6. The normalized spacial score (nSPS) is 19.2. The minimum Gasteiger partial charge on any atom is -0.384 e. The molecule has 1 aromatic carbocycles. The Kier molecular flexibility index (Phi) is 5.25. The molecule has 1 atom stereocenters. The summed E-state index contributed by atoms with van der Waals surface area (Å²) in [6.45, 7) is 2.89. The summed E-state index contributed by atoms with van der Waals surface area (Å²) in [4.78, 5) is 0. The van der Waals surface area contributed by atoms with Gasteiger partial charge in [-0.3, -0.25) is 0 Å². The Bertz CT molecular complexity index is 417. The van der Waals surface area contributed by atoms with E-state index in [9.17, 15) is 13.2 Å². The molecule has 6 heteroatoms. The zero-order valence-electron chi connectivity index (χ0n) is 11.2. The highest BCUT2D eigenvalue weighted by Gasteiger charge is 2.30. The molecule has 1 unspecified atom stereocenters. The Morgan fingerprint density at radius 1 is 1.25 bits per heavy atom. The summed E-state index contributed by atoms with van der Waals surface area (Å²) in [7, 11) is 0. The van der Waals surface area contributed by atoms with Crippen LogP contribution in [0.15, 0.2) is 24.3 Å². The lowest BCUT2D eigenvalue weighted by Crippen LogP contribution is -2.30. The third kappa shape index (κ3) is 4.68. The summed E-state index contributed by atoms with van der Waals surface area (Å²) in [5.74, 6) is 0. The van der Waals surface area contributed by atoms with Crippen molar-refractivity contribution in [2.24, 2.45) is 0 Å². The number of benzene rings is 1. The van der Waals surface area contributed by atoms with Gasteiger partial charge in [-0.25, -0.2) is 0 Å². The van der Waals surface area contributed by atoms with E-state index in [2.05, 4.69) is 10.6 Å². The molecule has 1 aromatic rings. The van der Waals surface area contributed by atoms with Crippen molar-refractivity contribution in [1.82, 2.24) is 5.32 Å². The van der Waals surface area contributed by atoms with E-state index in [-0.39, 0.29) is 6.10 Å². The lowest BCUT2D eigenvalue weighted by atomic mass is 10.2. The van der Waals surface area contributed by atoms with Gasteiger partial charge in [0.05, 0.1) is 11.7 Å². The first-order valence-corrected chi connectivity index (χ1v) is 6.79. The van der Waals surface area contributed by atoms with Gasteiger partial charge in [-0.1, -0.05) is 6.07 Å². The average Bonchev–Trinajstić information content (AvgIpc) is 2.91. The van der Waals surface area contributed by atoms with Crippen LogP contribution < -0.4 is 10.6 Å². The molecule has 0 aliphatic carbocycles. The molecule has 0 bridgehead atoms. The standard InChI is InChI=1S/C14H19F3N2O/c15-14(16,17)11-3-1-4-12(9-11)19-7-6-18-10-13-5-2-8-20-13/h1,3-4,9,13,18-19H,2,5-8,10H2. The Morgan fingerprint density at radius 3 is 2.80 bits per heavy atom. The molecule has 2 rings (SSSR count). The number of halogens is 3. The van der Waals surface area contributed by atoms with Gasteiger partial charge < -0.3 is 15.4 Å². The maximum absolute atomic E-state index is 12.5. The molecule has 2 N–H and O–H groups in total. The predicted octanol–water partition coefficient (Wildman–Crippen LogP) is 2.89. The van der Waals surface area contributed by atoms with Crippen LogP contribution in [0, 0.1) is 0 Å². The van der Waals surface area contributed by atoms with Gasteiger partial charge >= 0.3 is 6.18 Å². The molecule has 0 aromatic heterocycles. The molecule has 0 amide bonds. The van der Waals surface area contributed by atoms with Gasteiger partial charge in [0.25, 0.3) is 0 Å². The van der Waals surface area contributed by atoms with E-state index in [1.807, 2.05) is 0 Å². The van der Waals surface area contributed by atoms with Crippen LogP contribution in [0.3, 0.4) is 0 Å².